The first-order chi connectivity index (χ1) is 8.20. The van der Waals surface area contributed by atoms with E-state index in [-0.39, 0.29) is 5.91 Å². The predicted molar refractivity (Wildman–Crippen MR) is 58.2 cm³/mol. The van der Waals surface area contributed by atoms with E-state index in [0.29, 0.717) is 44.1 Å². The number of hydrogen-bond acceptors (Lipinski definition) is 5. The van der Waals surface area contributed by atoms with Gasteiger partial charge in [-0.3, -0.25) is 9.89 Å². The first-order valence-corrected chi connectivity index (χ1v) is 5.56. The lowest BCUT2D eigenvalue weighted by Gasteiger charge is -2.22. The van der Waals surface area contributed by atoms with Crippen molar-refractivity contribution < 1.29 is 14.3 Å². The zero-order valence-electron chi connectivity index (χ0n) is 9.31. The normalized spacial score (nSPS) is 22.5. The molecule has 3 rings (SSSR count). The molecule has 92 valence electrons. The van der Waals surface area contributed by atoms with Gasteiger partial charge in [0.2, 0.25) is 0 Å². The Morgan fingerprint density at radius 1 is 1.53 bits per heavy atom. The van der Waals surface area contributed by atoms with Crippen LogP contribution in [0.15, 0.2) is 6.20 Å². The molecule has 1 amide bonds. The SMILES string of the molecule is Nc1cn[nH]c1C(=O)N1CCC2(C1)OCCO2. The van der Waals surface area contributed by atoms with Crippen molar-refractivity contribution in [2.45, 2.75) is 12.2 Å². The maximum atomic E-state index is 12.1. The lowest BCUT2D eigenvalue weighted by atomic mass is 10.2. The van der Waals surface area contributed by atoms with Gasteiger partial charge in [0, 0.05) is 13.0 Å². The minimum absolute atomic E-state index is 0.157. The van der Waals surface area contributed by atoms with Crippen molar-refractivity contribution in [2.24, 2.45) is 0 Å². The monoisotopic (exact) mass is 238 g/mol. The highest BCUT2D eigenvalue weighted by atomic mass is 16.7. The van der Waals surface area contributed by atoms with Crippen LogP contribution in [0.3, 0.4) is 0 Å². The van der Waals surface area contributed by atoms with Gasteiger partial charge in [-0.25, -0.2) is 0 Å². The van der Waals surface area contributed by atoms with E-state index >= 15 is 0 Å². The highest BCUT2D eigenvalue weighted by Gasteiger charge is 2.45. The van der Waals surface area contributed by atoms with Gasteiger partial charge in [-0.1, -0.05) is 0 Å². The third kappa shape index (κ3) is 1.67. The molecule has 0 bridgehead atoms. The molecule has 0 radical (unpaired) electrons. The average Bonchev–Trinajstić information content (AvgIpc) is 3.02. The molecular weight excluding hydrogens is 224 g/mol. The van der Waals surface area contributed by atoms with Gasteiger partial charge in [0.1, 0.15) is 5.69 Å². The Morgan fingerprint density at radius 3 is 2.94 bits per heavy atom. The highest BCUT2D eigenvalue weighted by molar-refractivity contribution is 5.97. The number of nitrogens with zero attached hydrogens (tertiary/aromatic N) is 2. The van der Waals surface area contributed by atoms with Crippen LogP contribution in [0.1, 0.15) is 16.9 Å². The van der Waals surface area contributed by atoms with E-state index in [1.54, 1.807) is 4.90 Å². The summed E-state index contributed by atoms with van der Waals surface area (Å²) >= 11 is 0. The fraction of sp³-hybridized carbons (Fsp3) is 0.600. The molecule has 0 aliphatic carbocycles. The van der Waals surface area contributed by atoms with Gasteiger partial charge in [0.25, 0.3) is 5.91 Å². The highest BCUT2D eigenvalue weighted by Crippen LogP contribution is 2.31. The summed E-state index contributed by atoms with van der Waals surface area (Å²) in [6.45, 7) is 2.24. The fourth-order valence-electron chi connectivity index (χ4n) is 2.29. The van der Waals surface area contributed by atoms with Crippen LogP contribution in [0.25, 0.3) is 0 Å². The lowest BCUT2D eigenvalue weighted by molar-refractivity contribution is -0.143. The van der Waals surface area contributed by atoms with Crippen LogP contribution in [0.4, 0.5) is 5.69 Å². The minimum Gasteiger partial charge on any atom is -0.396 e. The van der Waals surface area contributed by atoms with Crippen molar-refractivity contribution in [1.29, 1.82) is 0 Å². The van der Waals surface area contributed by atoms with Gasteiger partial charge < -0.3 is 20.1 Å². The molecule has 3 N–H and O–H groups in total. The van der Waals surface area contributed by atoms with Gasteiger partial charge in [-0.2, -0.15) is 5.10 Å². The number of hydrogen-bond donors (Lipinski definition) is 2. The number of anilines is 1. The van der Waals surface area contributed by atoms with Crippen molar-refractivity contribution in [3.8, 4) is 0 Å². The summed E-state index contributed by atoms with van der Waals surface area (Å²) < 4.78 is 11.1. The van der Waals surface area contributed by atoms with E-state index in [1.807, 2.05) is 0 Å². The fourth-order valence-corrected chi connectivity index (χ4v) is 2.29. The zero-order chi connectivity index (χ0) is 11.9. The van der Waals surface area contributed by atoms with Gasteiger partial charge in [0.05, 0.1) is 31.6 Å². The second kappa shape index (κ2) is 3.71. The standard InChI is InChI=1S/C10H14N4O3/c11-7-5-12-13-8(7)9(15)14-2-1-10(6-14)16-3-4-17-10/h5H,1-4,6,11H2,(H,12,13). The summed E-state index contributed by atoms with van der Waals surface area (Å²) in [5.74, 6) is -0.749. The first-order valence-electron chi connectivity index (χ1n) is 5.56. The number of nitrogens with two attached hydrogens (primary N) is 1. The number of aromatic amines is 1. The minimum atomic E-state index is -0.593. The molecule has 0 saturated carbocycles. The molecule has 7 nitrogen and oxygen atoms in total. The van der Waals surface area contributed by atoms with Gasteiger partial charge in [0.15, 0.2) is 5.79 Å². The molecule has 2 aliphatic heterocycles. The van der Waals surface area contributed by atoms with Crippen LogP contribution >= 0.6 is 0 Å². The molecule has 2 fully saturated rings. The smallest absolute Gasteiger partial charge is 0.274 e. The van der Waals surface area contributed by atoms with Crippen LogP contribution in [-0.4, -0.2) is 53.1 Å². The molecule has 3 heterocycles. The molecule has 1 aromatic rings. The van der Waals surface area contributed by atoms with Crippen LogP contribution in [-0.2, 0) is 9.47 Å². The van der Waals surface area contributed by atoms with E-state index in [0.717, 1.165) is 0 Å². The number of rotatable bonds is 1. The van der Waals surface area contributed by atoms with Gasteiger partial charge >= 0.3 is 0 Å². The maximum absolute atomic E-state index is 12.1. The van der Waals surface area contributed by atoms with E-state index in [1.165, 1.54) is 6.20 Å². The van der Waals surface area contributed by atoms with Crippen molar-refractivity contribution in [3.63, 3.8) is 0 Å². The first kappa shape index (κ1) is 10.5. The summed E-state index contributed by atoms with van der Waals surface area (Å²) in [5, 5.41) is 6.36. The number of amides is 1. The Bertz CT molecular complexity index is 439. The van der Waals surface area contributed by atoms with E-state index < -0.39 is 5.79 Å². The molecule has 0 atom stereocenters. The number of H-pyrrole nitrogens is 1. The molecule has 17 heavy (non-hydrogen) atoms. The van der Waals surface area contributed by atoms with E-state index in [4.69, 9.17) is 15.2 Å². The number of likely N-dealkylation sites (tertiary alicyclic amines) is 1. The van der Waals surface area contributed by atoms with Crippen LogP contribution in [0.5, 0.6) is 0 Å². The Hall–Kier alpha value is -1.60. The number of nitrogen functional groups attached to an aromatic ring is 1. The van der Waals surface area contributed by atoms with E-state index in [9.17, 15) is 4.79 Å². The van der Waals surface area contributed by atoms with Gasteiger partial charge in [-0.15, -0.1) is 0 Å². The maximum Gasteiger partial charge on any atom is 0.274 e. The zero-order valence-corrected chi connectivity index (χ0v) is 9.31. The predicted octanol–water partition coefficient (Wildman–Crippen LogP) is -0.419. The Kier molecular flexibility index (Phi) is 2.30. The van der Waals surface area contributed by atoms with Crippen molar-refractivity contribution >= 4 is 11.6 Å². The molecule has 0 unspecified atom stereocenters. The number of ether oxygens (including phenoxy) is 2. The van der Waals surface area contributed by atoms with Crippen molar-refractivity contribution in [1.82, 2.24) is 15.1 Å². The molecule has 1 aromatic heterocycles. The summed E-state index contributed by atoms with van der Waals surface area (Å²) in [4.78, 5) is 13.8. The second-order valence-corrected chi connectivity index (χ2v) is 4.28. The molecule has 1 spiro atoms. The third-order valence-electron chi connectivity index (χ3n) is 3.18. The number of aromatic nitrogens is 2. The van der Waals surface area contributed by atoms with E-state index in [2.05, 4.69) is 10.2 Å². The second-order valence-electron chi connectivity index (χ2n) is 4.28. The molecule has 7 heteroatoms. The molecular formula is C10H14N4O3. The summed E-state index contributed by atoms with van der Waals surface area (Å²) in [5.41, 5.74) is 6.35. The Labute approximate surface area is 97.9 Å². The van der Waals surface area contributed by atoms with Gasteiger partial charge in [-0.05, 0) is 0 Å². The summed E-state index contributed by atoms with van der Waals surface area (Å²) in [7, 11) is 0. The number of carbonyl (C=O) groups excluding carboxylic acids is 1. The molecule has 0 aromatic carbocycles. The van der Waals surface area contributed by atoms with Crippen molar-refractivity contribution in [3.05, 3.63) is 11.9 Å². The number of carbonyl (C=O) groups is 1. The van der Waals surface area contributed by atoms with Crippen LogP contribution in [0, 0.1) is 0 Å². The average molecular weight is 238 g/mol. The molecule has 2 aliphatic rings. The lowest BCUT2D eigenvalue weighted by Crippen LogP contribution is -2.37. The molecule has 2 saturated heterocycles. The summed E-state index contributed by atoms with van der Waals surface area (Å²) in [6, 6.07) is 0. The Balaban J connectivity index is 1.75. The quantitative estimate of drug-likeness (QED) is 0.693. The van der Waals surface area contributed by atoms with Crippen LogP contribution < -0.4 is 5.73 Å². The number of nitrogens with one attached hydrogen (secondary N) is 1. The topological polar surface area (TPSA) is 93.5 Å². The Morgan fingerprint density at radius 2 is 2.29 bits per heavy atom. The summed E-state index contributed by atoms with van der Waals surface area (Å²) in [6.07, 6.45) is 2.13. The third-order valence-corrected chi connectivity index (χ3v) is 3.18. The van der Waals surface area contributed by atoms with Crippen molar-refractivity contribution in [2.75, 3.05) is 32.0 Å². The van der Waals surface area contributed by atoms with Crippen LogP contribution in [0.2, 0.25) is 0 Å². The largest absolute Gasteiger partial charge is 0.396 e.